The van der Waals surface area contributed by atoms with E-state index >= 15 is 0 Å². The van der Waals surface area contributed by atoms with Crippen molar-refractivity contribution in [2.75, 3.05) is 10.6 Å². The van der Waals surface area contributed by atoms with Gasteiger partial charge in [0.1, 0.15) is 5.70 Å². The second-order valence-corrected chi connectivity index (χ2v) is 8.93. The van der Waals surface area contributed by atoms with Gasteiger partial charge >= 0.3 is 0 Å². The van der Waals surface area contributed by atoms with Crippen molar-refractivity contribution in [3.63, 3.8) is 0 Å². The molecule has 0 atom stereocenters. The number of hydrogen-bond donors (Lipinski definition) is 4. The fraction of sp³-hybridized carbons (Fsp3) is 0.0625. The van der Waals surface area contributed by atoms with Gasteiger partial charge in [-0.05, 0) is 42.0 Å². The predicted molar refractivity (Wildman–Crippen MR) is 94.8 cm³/mol. The van der Waals surface area contributed by atoms with Crippen LogP contribution in [0.1, 0.15) is 15.9 Å². The molecule has 2 aliphatic heterocycles. The number of carbonyl (C=O) groups excluding carboxylic acids is 1. The van der Waals surface area contributed by atoms with Gasteiger partial charge in [0.15, 0.2) is 0 Å². The number of anilines is 2. The van der Waals surface area contributed by atoms with Gasteiger partial charge in [0.05, 0.1) is 15.5 Å². The molecular weight excluding hydrogens is 396 g/mol. The lowest BCUT2D eigenvalue weighted by Crippen LogP contribution is -2.09. The number of Topliss-reactive ketones (excluding diaryl/α,β-unsaturated/α-hetero) is 1. The average molecular weight is 408 g/mol. The fourth-order valence-electron chi connectivity index (χ4n) is 3.07. The molecule has 0 saturated carbocycles. The van der Waals surface area contributed by atoms with Crippen LogP contribution in [0.4, 0.5) is 11.4 Å². The van der Waals surface area contributed by atoms with Gasteiger partial charge in [-0.25, -0.2) is 0 Å². The number of rotatable bonds is 2. The fourth-order valence-corrected chi connectivity index (χ4v) is 4.10. The Labute approximate surface area is 154 Å². The number of benzene rings is 2. The lowest BCUT2D eigenvalue weighted by Gasteiger charge is -2.05. The van der Waals surface area contributed by atoms with Gasteiger partial charge in [0, 0.05) is 23.4 Å². The molecule has 9 nitrogen and oxygen atoms in total. The second kappa shape index (κ2) is 5.63. The van der Waals surface area contributed by atoms with Crippen molar-refractivity contribution in [2.24, 2.45) is 0 Å². The molecule has 2 heterocycles. The van der Waals surface area contributed by atoms with Crippen LogP contribution in [0.3, 0.4) is 0 Å². The van der Waals surface area contributed by atoms with Crippen molar-refractivity contribution in [2.45, 2.75) is 16.2 Å². The molecule has 2 aromatic rings. The zero-order valence-electron chi connectivity index (χ0n) is 13.4. The zero-order chi connectivity index (χ0) is 19.6. The number of allylic oxidation sites excluding steroid dienone is 2. The van der Waals surface area contributed by atoms with Gasteiger partial charge in [-0.3, -0.25) is 13.9 Å². The van der Waals surface area contributed by atoms with Crippen LogP contribution in [0.2, 0.25) is 0 Å². The Morgan fingerprint density at radius 2 is 1.41 bits per heavy atom. The molecule has 140 valence electrons. The van der Waals surface area contributed by atoms with E-state index in [1.54, 1.807) is 0 Å². The first-order valence-corrected chi connectivity index (χ1v) is 10.5. The molecule has 0 saturated heterocycles. The summed E-state index contributed by atoms with van der Waals surface area (Å²) < 4.78 is 63.4. The molecule has 4 N–H and O–H groups in total. The van der Waals surface area contributed by atoms with Crippen LogP contribution in [0.25, 0.3) is 0 Å². The zero-order valence-corrected chi connectivity index (χ0v) is 15.1. The predicted octanol–water partition coefficient (Wildman–Crippen LogP) is 1.67. The number of fused-ring (bicyclic) bond motifs is 2. The van der Waals surface area contributed by atoms with E-state index in [9.17, 15) is 21.6 Å². The molecule has 2 aromatic carbocycles. The van der Waals surface area contributed by atoms with Crippen LogP contribution in [-0.2, 0) is 26.7 Å². The van der Waals surface area contributed by atoms with Crippen molar-refractivity contribution in [1.82, 2.24) is 0 Å². The SMILES string of the molecule is O=C1/C(=C2/Cc3cc(S(=O)(=O)O)ccc3N2)Nc2ccc(S(=O)(=O)O)cc21. The third-order valence-corrected chi connectivity index (χ3v) is 6.05. The highest BCUT2D eigenvalue weighted by atomic mass is 32.2. The van der Waals surface area contributed by atoms with Crippen LogP contribution >= 0.6 is 0 Å². The van der Waals surface area contributed by atoms with Crippen molar-refractivity contribution in [3.05, 3.63) is 58.9 Å². The largest absolute Gasteiger partial charge is 0.357 e. The van der Waals surface area contributed by atoms with Gasteiger partial charge in [-0.2, -0.15) is 16.8 Å². The quantitative estimate of drug-likeness (QED) is 0.430. The lowest BCUT2D eigenvalue weighted by molar-refractivity contribution is 0.104. The molecule has 0 amide bonds. The molecule has 4 rings (SSSR count). The third kappa shape index (κ3) is 3.00. The Hall–Kier alpha value is -2.73. The Morgan fingerprint density at radius 3 is 2.04 bits per heavy atom. The summed E-state index contributed by atoms with van der Waals surface area (Å²) in [5.41, 5.74) is 2.34. The molecule has 0 fully saturated rings. The molecule has 0 spiro atoms. The van der Waals surface area contributed by atoms with Gasteiger partial charge in [0.2, 0.25) is 5.78 Å². The van der Waals surface area contributed by atoms with Gasteiger partial charge < -0.3 is 10.6 Å². The molecule has 2 aliphatic rings. The normalized spacial score (nSPS) is 18.7. The number of ketones is 1. The van der Waals surface area contributed by atoms with Gasteiger partial charge in [0.25, 0.3) is 20.2 Å². The van der Waals surface area contributed by atoms with Crippen LogP contribution in [0.15, 0.2) is 57.6 Å². The Balaban J connectivity index is 1.72. The van der Waals surface area contributed by atoms with E-state index in [1.807, 2.05) is 0 Å². The molecule has 0 aromatic heterocycles. The Bertz CT molecular complexity index is 1260. The van der Waals surface area contributed by atoms with Crippen molar-refractivity contribution in [3.8, 4) is 0 Å². The average Bonchev–Trinajstić information content (AvgIpc) is 3.13. The molecule has 27 heavy (non-hydrogen) atoms. The highest BCUT2D eigenvalue weighted by Crippen LogP contribution is 2.36. The highest BCUT2D eigenvalue weighted by Gasteiger charge is 2.31. The van der Waals surface area contributed by atoms with Crippen molar-refractivity contribution < 1.29 is 30.7 Å². The van der Waals surface area contributed by atoms with Crippen LogP contribution in [0.5, 0.6) is 0 Å². The molecule has 0 radical (unpaired) electrons. The summed E-state index contributed by atoms with van der Waals surface area (Å²) in [5, 5.41) is 5.93. The lowest BCUT2D eigenvalue weighted by atomic mass is 10.1. The number of hydrogen-bond acceptors (Lipinski definition) is 7. The number of nitrogens with one attached hydrogen (secondary N) is 2. The summed E-state index contributed by atoms with van der Waals surface area (Å²) in [4.78, 5) is 12.0. The first kappa shape index (κ1) is 17.7. The van der Waals surface area contributed by atoms with Crippen LogP contribution in [0, 0.1) is 0 Å². The summed E-state index contributed by atoms with van der Waals surface area (Å²) in [6.07, 6.45) is 0.214. The van der Waals surface area contributed by atoms with E-state index < -0.39 is 26.0 Å². The maximum atomic E-state index is 12.7. The maximum absolute atomic E-state index is 12.7. The van der Waals surface area contributed by atoms with E-state index in [1.165, 1.54) is 30.3 Å². The topological polar surface area (TPSA) is 150 Å². The number of carbonyl (C=O) groups is 1. The minimum absolute atomic E-state index is 0.101. The summed E-state index contributed by atoms with van der Waals surface area (Å²) in [6.45, 7) is 0. The van der Waals surface area contributed by atoms with Crippen LogP contribution in [-0.4, -0.2) is 31.7 Å². The van der Waals surface area contributed by atoms with Crippen molar-refractivity contribution >= 4 is 37.4 Å². The minimum Gasteiger partial charge on any atom is -0.357 e. The van der Waals surface area contributed by atoms with E-state index in [2.05, 4.69) is 10.6 Å². The third-order valence-electron chi connectivity index (χ3n) is 4.35. The van der Waals surface area contributed by atoms with E-state index in [-0.39, 0.29) is 27.5 Å². The van der Waals surface area contributed by atoms with Crippen molar-refractivity contribution in [1.29, 1.82) is 0 Å². The van der Waals surface area contributed by atoms with Crippen LogP contribution < -0.4 is 10.6 Å². The standard InChI is InChI=1S/C16H12N2O7S2/c19-16-11-7-10(27(23,24)25)2-4-13(11)18-15(16)14-6-8-5-9(26(20,21)22)1-3-12(8)17-14/h1-5,7,17-18H,6H2,(H,20,21,22)(H,23,24,25)/b15-14+. The summed E-state index contributed by atoms with van der Waals surface area (Å²) in [5.74, 6) is -0.458. The maximum Gasteiger partial charge on any atom is 0.294 e. The molecule has 0 unspecified atom stereocenters. The van der Waals surface area contributed by atoms with E-state index in [0.717, 1.165) is 6.07 Å². The van der Waals surface area contributed by atoms with Gasteiger partial charge in [-0.1, -0.05) is 0 Å². The minimum atomic E-state index is -4.44. The first-order valence-electron chi connectivity index (χ1n) is 7.58. The Morgan fingerprint density at radius 1 is 0.815 bits per heavy atom. The molecule has 11 heteroatoms. The molecule has 0 aliphatic carbocycles. The Kier molecular flexibility index (Phi) is 3.69. The highest BCUT2D eigenvalue weighted by molar-refractivity contribution is 7.86. The van der Waals surface area contributed by atoms with E-state index in [0.29, 0.717) is 22.6 Å². The summed E-state index contributed by atoms with van der Waals surface area (Å²) in [6, 6.07) is 7.68. The van der Waals surface area contributed by atoms with Gasteiger partial charge in [-0.15, -0.1) is 0 Å². The molecule has 0 bridgehead atoms. The smallest absolute Gasteiger partial charge is 0.294 e. The monoisotopic (exact) mass is 408 g/mol. The first-order chi connectivity index (χ1) is 12.5. The summed E-state index contributed by atoms with van der Waals surface area (Å²) in [7, 11) is -8.78. The molecular formula is C16H12N2O7S2. The second-order valence-electron chi connectivity index (χ2n) is 6.09. The summed E-state index contributed by atoms with van der Waals surface area (Å²) >= 11 is 0. The van der Waals surface area contributed by atoms with E-state index in [4.69, 9.17) is 9.11 Å².